The standard InChI is InChI=1S/C17H15ClO/c1-13(19)16(11-14-5-3-2-4-6-14)12-15-7-9-17(18)10-8-15/h2-11H,12H2,1H3. The molecule has 2 heteroatoms. The number of hydrogen-bond donors (Lipinski definition) is 0. The molecule has 0 aliphatic rings. The first-order chi connectivity index (χ1) is 9.15. The molecule has 0 bridgehead atoms. The lowest BCUT2D eigenvalue weighted by molar-refractivity contribution is -0.113. The van der Waals surface area contributed by atoms with Crippen molar-refractivity contribution in [1.82, 2.24) is 0 Å². The van der Waals surface area contributed by atoms with Crippen LogP contribution in [-0.4, -0.2) is 5.78 Å². The van der Waals surface area contributed by atoms with Crippen LogP contribution in [0.4, 0.5) is 0 Å². The van der Waals surface area contributed by atoms with E-state index in [0.717, 1.165) is 16.7 Å². The first-order valence-electron chi connectivity index (χ1n) is 6.16. The van der Waals surface area contributed by atoms with Gasteiger partial charge in [0.15, 0.2) is 5.78 Å². The highest BCUT2D eigenvalue weighted by molar-refractivity contribution is 6.30. The van der Waals surface area contributed by atoms with Crippen LogP contribution in [0, 0.1) is 0 Å². The fourth-order valence-corrected chi connectivity index (χ4v) is 1.98. The Bertz CT molecular complexity index is 582. The molecular formula is C17H15ClO. The van der Waals surface area contributed by atoms with Gasteiger partial charge in [-0.25, -0.2) is 0 Å². The number of benzene rings is 2. The fourth-order valence-electron chi connectivity index (χ4n) is 1.85. The summed E-state index contributed by atoms with van der Waals surface area (Å²) in [5.41, 5.74) is 2.93. The molecule has 0 unspecified atom stereocenters. The van der Waals surface area contributed by atoms with Gasteiger partial charge in [0.05, 0.1) is 0 Å². The Morgan fingerprint density at radius 3 is 2.26 bits per heavy atom. The number of hydrogen-bond acceptors (Lipinski definition) is 1. The van der Waals surface area contributed by atoms with Gasteiger partial charge in [0.2, 0.25) is 0 Å². The number of rotatable bonds is 4. The van der Waals surface area contributed by atoms with Gasteiger partial charge >= 0.3 is 0 Å². The molecule has 0 fully saturated rings. The molecule has 0 aliphatic heterocycles. The van der Waals surface area contributed by atoms with Crippen LogP contribution in [0.3, 0.4) is 0 Å². The summed E-state index contributed by atoms with van der Waals surface area (Å²) in [6.45, 7) is 1.60. The molecule has 0 N–H and O–H groups in total. The predicted molar refractivity (Wildman–Crippen MR) is 80.3 cm³/mol. The normalized spacial score (nSPS) is 11.4. The molecule has 0 radical (unpaired) electrons. The summed E-state index contributed by atoms with van der Waals surface area (Å²) >= 11 is 5.86. The molecule has 0 aliphatic carbocycles. The van der Waals surface area contributed by atoms with Crippen molar-refractivity contribution in [1.29, 1.82) is 0 Å². The summed E-state index contributed by atoms with van der Waals surface area (Å²) < 4.78 is 0. The van der Waals surface area contributed by atoms with Crippen LogP contribution in [0.5, 0.6) is 0 Å². The molecule has 0 atom stereocenters. The maximum absolute atomic E-state index is 11.7. The van der Waals surface area contributed by atoms with Crippen molar-refractivity contribution < 1.29 is 4.79 Å². The Kier molecular flexibility index (Phi) is 4.53. The summed E-state index contributed by atoms with van der Waals surface area (Å²) in [5.74, 6) is 0.0961. The van der Waals surface area contributed by atoms with Gasteiger partial charge in [0.1, 0.15) is 0 Å². The third-order valence-electron chi connectivity index (χ3n) is 2.90. The van der Waals surface area contributed by atoms with Crippen molar-refractivity contribution in [3.05, 3.63) is 76.3 Å². The topological polar surface area (TPSA) is 17.1 Å². The van der Waals surface area contributed by atoms with Gasteiger partial charge in [-0.15, -0.1) is 0 Å². The molecule has 1 nitrogen and oxygen atoms in total. The van der Waals surface area contributed by atoms with Crippen LogP contribution >= 0.6 is 11.6 Å². The highest BCUT2D eigenvalue weighted by Crippen LogP contribution is 2.16. The minimum atomic E-state index is 0.0961. The first kappa shape index (κ1) is 13.6. The summed E-state index contributed by atoms with van der Waals surface area (Å²) in [6.07, 6.45) is 2.57. The van der Waals surface area contributed by atoms with Crippen LogP contribution in [0.25, 0.3) is 6.08 Å². The number of carbonyl (C=O) groups is 1. The Balaban J connectivity index is 2.24. The molecule has 0 spiro atoms. The van der Waals surface area contributed by atoms with Crippen LogP contribution in [0.1, 0.15) is 18.1 Å². The molecule has 0 amide bonds. The highest BCUT2D eigenvalue weighted by Gasteiger charge is 2.05. The second-order valence-electron chi connectivity index (χ2n) is 4.44. The van der Waals surface area contributed by atoms with E-state index in [1.807, 2.05) is 60.7 Å². The zero-order valence-electron chi connectivity index (χ0n) is 10.8. The van der Waals surface area contributed by atoms with Gasteiger partial charge in [0.25, 0.3) is 0 Å². The Hall–Kier alpha value is -1.86. The molecule has 96 valence electrons. The maximum atomic E-state index is 11.7. The Morgan fingerprint density at radius 1 is 1.05 bits per heavy atom. The molecule has 19 heavy (non-hydrogen) atoms. The van der Waals surface area contributed by atoms with Crippen LogP contribution in [-0.2, 0) is 11.2 Å². The summed E-state index contributed by atoms with van der Waals surface area (Å²) in [7, 11) is 0. The van der Waals surface area contributed by atoms with E-state index in [-0.39, 0.29) is 5.78 Å². The van der Waals surface area contributed by atoms with E-state index in [1.165, 1.54) is 0 Å². The Morgan fingerprint density at radius 2 is 1.68 bits per heavy atom. The summed E-state index contributed by atoms with van der Waals surface area (Å²) in [6, 6.07) is 17.5. The molecular weight excluding hydrogens is 256 g/mol. The van der Waals surface area contributed by atoms with E-state index in [9.17, 15) is 4.79 Å². The monoisotopic (exact) mass is 270 g/mol. The van der Waals surface area contributed by atoms with E-state index >= 15 is 0 Å². The third kappa shape index (κ3) is 4.08. The van der Waals surface area contributed by atoms with Crippen molar-refractivity contribution in [2.75, 3.05) is 0 Å². The second kappa shape index (κ2) is 6.35. The predicted octanol–water partition coefficient (Wildman–Crippen LogP) is 4.56. The average Bonchev–Trinajstić information content (AvgIpc) is 2.41. The van der Waals surface area contributed by atoms with Gasteiger partial charge in [-0.2, -0.15) is 0 Å². The lowest BCUT2D eigenvalue weighted by Crippen LogP contribution is -2.00. The van der Waals surface area contributed by atoms with Crippen molar-refractivity contribution in [3.63, 3.8) is 0 Å². The second-order valence-corrected chi connectivity index (χ2v) is 4.88. The molecule has 2 aromatic carbocycles. The molecule has 2 aromatic rings. The Labute approximate surface area is 118 Å². The molecule has 0 aromatic heterocycles. The molecule has 2 rings (SSSR count). The summed E-state index contributed by atoms with van der Waals surface area (Å²) in [5, 5.41) is 0.708. The average molecular weight is 271 g/mol. The van der Waals surface area contributed by atoms with Gasteiger partial charge in [0, 0.05) is 11.4 Å². The number of ketones is 1. The van der Waals surface area contributed by atoms with Gasteiger partial charge in [-0.3, -0.25) is 4.79 Å². The SMILES string of the molecule is CC(=O)C(=Cc1ccccc1)Cc1ccc(Cl)cc1. The van der Waals surface area contributed by atoms with Crippen LogP contribution < -0.4 is 0 Å². The van der Waals surface area contributed by atoms with E-state index < -0.39 is 0 Å². The smallest absolute Gasteiger partial charge is 0.156 e. The zero-order chi connectivity index (χ0) is 13.7. The van der Waals surface area contributed by atoms with Crippen molar-refractivity contribution >= 4 is 23.5 Å². The number of carbonyl (C=O) groups excluding carboxylic acids is 1. The lowest BCUT2D eigenvalue weighted by atomic mass is 10.00. The van der Waals surface area contributed by atoms with E-state index in [2.05, 4.69) is 0 Å². The molecule has 0 heterocycles. The molecule has 0 saturated heterocycles. The summed E-state index contributed by atoms with van der Waals surface area (Å²) in [4.78, 5) is 11.7. The fraction of sp³-hybridized carbons (Fsp3) is 0.118. The zero-order valence-corrected chi connectivity index (χ0v) is 11.5. The van der Waals surface area contributed by atoms with Crippen molar-refractivity contribution in [2.24, 2.45) is 0 Å². The largest absolute Gasteiger partial charge is 0.295 e. The highest BCUT2D eigenvalue weighted by atomic mass is 35.5. The van der Waals surface area contributed by atoms with Crippen LogP contribution in [0.2, 0.25) is 5.02 Å². The minimum Gasteiger partial charge on any atom is -0.295 e. The first-order valence-corrected chi connectivity index (χ1v) is 6.54. The van der Waals surface area contributed by atoms with Gasteiger partial charge in [-0.05, 0) is 41.8 Å². The third-order valence-corrected chi connectivity index (χ3v) is 3.15. The van der Waals surface area contributed by atoms with E-state index in [4.69, 9.17) is 11.6 Å². The quantitative estimate of drug-likeness (QED) is 0.745. The number of Topliss-reactive ketones (excluding diaryl/α,β-unsaturated/α-hetero) is 1. The van der Waals surface area contributed by atoms with Gasteiger partial charge < -0.3 is 0 Å². The van der Waals surface area contributed by atoms with Crippen LogP contribution in [0.15, 0.2) is 60.2 Å². The number of halogens is 1. The minimum absolute atomic E-state index is 0.0961. The van der Waals surface area contributed by atoms with Crippen molar-refractivity contribution in [2.45, 2.75) is 13.3 Å². The molecule has 0 saturated carbocycles. The van der Waals surface area contributed by atoms with E-state index in [1.54, 1.807) is 6.92 Å². The number of allylic oxidation sites excluding steroid dienone is 1. The maximum Gasteiger partial charge on any atom is 0.156 e. The van der Waals surface area contributed by atoms with Crippen molar-refractivity contribution in [3.8, 4) is 0 Å². The van der Waals surface area contributed by atoms with Gasteiger partial charge in [-0.1, -0.05) is 54.1 Å². The lowest BCUT2D eigenvalue weighted by Gasteiger charge is -2.05. The van der Waals surface area contributed by atoms with E-state index in [0.29, 0.717) is 11.4 Å².